The van der Waals surface area contributed by atoms with Crippen LogP contribution >= 0.6 is 0 Å². The summed E-state index contributed by atoms with van der Waals surface area (Å²) in [4.78, 5) is 4.33. The monoisotopic (exact) mass is 358 g/mol. The van der Waals surface area contributed by atoms with Crippen molar-refractivity contribution in [2.24, 2.45) is 0 Å². The molecule has 0 saturated carbocycles. The summed E-state index contributed by atoms with van der Waals surface area (Å²) in [6, 6.07) is 19.6. The molecular weight excluding hydrogens is 332 g/mol. The van der Waals surface area contributed by atoms with Crippen molar-refractivity contribution in [2.75, 3.05) is 0 Å². The lowest BCUT2D eigenvalue weighted by Gasteiger charge is -2.17. The van der Waals surface area contributed by atoms with E-state index in [9.17, 15) is 0 Å². The molecule has 1 atom stereocenters. The number of ether oxygens (including phenoxy) is 1. The van der Waals surface area contributed by atoms with E-state index in [1.165, 1.54) is 40.7 Å². The lowest BCUT2D eigenvalue weighted by molar-refractivity contribution is 0.297. The van der Waals surface area contributed by atoms with Crippen molar-refractivity contribution in [3.63, 3.8) is 0 Å². The van der Waals surface area contributed by atoms with Gasteiger partial charge in [-0.15, -0.1) is 0 Å². The third kappa shape index (κ3) is 4.04. The van der Waals surface area contributed by atoms with E-state index in [4.69, 9.17) is 4.74 Å². The first-order valence-electron chi connectivity index (χ1n) is 9.65. The molecule has 1 aliphatic rings. The normalized spacial score (nSPS) is 15.6. The molecular formula is C24H26N2O. The largest absolute Gasteiger partial charge is 0.487 e. The number of aromatic nitrogens is 1. The van der Waals surface area contributed by atoms with Crippen LogP contribution in [0.3, 0.4) is 0 Å². The Morgan fingerprint density at radius 3 is 2.59 bits per heavy atom. The van der Waals surface area contributed by atoms with E-state index in [2.05, 4.69) is 60.5 Å². The van der Waals surface area contributed by atoms with Gasteiger partial charge in [-0.25, -0.2) is 0 Å². The SMILES string of the molecule is Cc1cc(CNC2CCc3ccccc32)cc(C)c1OCc1ccccn1. The van der Waals surface area contributed by atoms with Crippen molar-refractivity contribution in [2.45, 2.75) is 45.9 Å². The molecule has 0 saturated heterocycles. The summed E-state index contributed by atoms with van der Waals surface area (Å²) in [5.74, 6) is 0.968. The second-order valence-electron chi connectivity index (χ2n) is 7.34. The van der Waals surface area contributed by atoms with Crippen LogP contribution in [0.1, 0.15) is 46.0 Å². The van der Waals surface area contributed by atoms with Crippen molar-refractivity contribution in [3.8, 4) is 5.75 Å². The van der Waals surface area contributed by atoms with Crippen LogP contribution in [-0.4, -0.2) is 4.98 Å². The molecule has 1 aliphatic carbocycles. The van der Waals surface area contributed by atoms with Gasteiger partial charge in [-0.2, -0.15) is 0 Å². The number of benzene rings is 2. The van der Waals surface area contributed by atoms with Gasteiger partial charge in [0, 0.05) is 18.8 Å². The molecule has 3 aromatic rings. The van der Waals surface area contributed by atoms with Gasteiger partial charge >= 0.3 is 0 Å². The third-order valence-electron chi connectivity index (χ3n) is 5.30. The van der Waals surface area contributed by atoms with E-state index in [0.29, 0.717) is 12.6 Å². The first-order chi connectivity index (χ1) is 13.2. The Hall–Kier alpha value is -2.65. The fraction of sp³-hybridized carbons (Fsp3) is 0.292. The zero-order valence-electron chi connectivity index (χ0n) is 16.0. The highest BCUT2D eigenvalue weighted by Crippen LogP contribution is 2.31. The Morgan fingerprint density at radius 1 is 1.04 bits per heavy atom. The van der Waals surface area contributed by atoms with Crippen LogP contribution in [-0.2, 0) is 19.6 Å². The molecule has 0 bridgehead atoms. The van der Waals surface area contributed by atoms with Crippen LogP contribution in [0.2, 0.25) is 0 Å². The summed E-state index contributed by atoms with van der Waals surface area (Å²) >= 11 is 0. The molecule has 4 rings (SSSR count). The standard InChI is InChI=1S/C24H26N2O/c1-17-13-19(15-26-23-11-10-20-7-3-4-9-22(20)23)14-18(2)24(17)27-16-21-8-5-6-12-25-21/h3-9,12-14,23,26H,10-11,15-16H2,1-2H3. The van der Waals surface area contributed by atoms with Gasteiger partial charge in [-0.3, -0.25) is 4.98 Å². The smallest absolute Gasteiger partial charge is 0.130 e. The molecule has 1 aromatic heterocycles. The van der Waals surface area contributed by atoms with Gasteiger partial charge in [0.15, 0.2) is 0 Å². The molecule has 2 aromatic carbocycles. The number of nitrogens with zero attached hydrogens (tertiary/aromatic N) is 1. The van der Waals surface area contributed by atoms with Gasteiger partial charge in [0.2, 0.25) is 0 Å². The summed E-state index contributed by atoms with van der Waals surface area (Å²) in [5.41, 5.74) is 7.55. The predicted molar refractivity (Wildman–Crippen MR) is 109 cm³/mol. The third-order valence-corrected chi connectivity index (χ3v) is 5.30. The number of rotatable bonds is 6. The van der Waals surface area contributed by atoms with E-state index in [-0.39, 0.29) is 0 Å². The van der Waals surface area contributed by atoms with Crippen LogP contribution in [0.15, 0.2) is 60.8 Å². The summed E-state index contributed by atoms with van der Waals surface area (Å²) in [6.07, 6.45) is 4.16. The van der Waals surface area contributed by atoms with Crippen LogP contribution < -0.4 is 10.1 Å². The van der Waals surface area contributed by atoms with Crippen molar-refractivity contribution >= 4 is 0 Å². The van der Waals surface area contributed by atoms with Crippen LogP contribution in [0.4, 0.5) is 0 Å². The lowest BCUT2D eigenvalue weighted by atomic mass is 10.0. The Balaban J connectivity index is 1.41. The van der Waals surface area contributed by atoms with Gasteiger partial charge in [0.25, 0.3) is 0 Å². The first-order valence-corrected chi connectivity index (χ1v) is 9.65. The van der Waals surface area contributed by atoms with Gasteiger partial charge < -0.3 is 10.1 Å². The molecule has 0 amide bonds. The molecule has 3 heteroatoms. The molecule has 1 heterocycles. The predicted octanol–water partition coefficient (Wildman–Crippen LogP) is 5.05. The molecule has 138 valence electrons. The number of nitrogens with one attached hydrogen (secondary N) is 1. The fourth-order valence-corrected chi connectivity index (χ4v) is 4.01. The Kier molecular flexibility index (Phi) is 5.21. The zero-order valence-corrected chi connectivity index (χ0v) is 16.0. The summed E-state index contributed by atoms with van der Waals surface area (Å²) in [6.45, 7) is 5.62. The van der Waals surface area contributed by atoms with Gasteiger partial charge in [-0.1, -0.05) is 42.5 Å². The van der Waals surface area contributed by atoms with Crippen LogP contribution in [0.5, 0.6) is 5.75 Å². The Morgan fingerprint density at radius 2 is 1.81 bits per heavy atom. The van der Waals surface area contributed by atoms with Crippen molar-refractivity contribution in [1.29, 1.82) is 0 Å². The van der Waals surface area contributed by atoms with Gasteiger partial charge in [0.05, 0.1) is 5.69 Å². The number of hydrogen-bond acceptors (Lipinski definition) is 3. The number of fused-ring (bicyclic) bond motifs is 1. The molecule has 0 radical (unpaired) electrons. The van der Waals surface area contributed by atoms with Gasteiger partial charge in [-0.05, 0) is 66.6 Å². The molecule has 3 nitrogen and oxygen atoms in total. The van der Waals surface area contributed by atoms with Gasteiger partial charge in [0.1, 0.15) is 12.4 Å². The highest BCUT2D eigenvalue weighted by molar-refractivity contribution is 5.43. The fourth-order valence-electron chi connectivity index (χ4n) is 4.01. The number of pyridine rings is 1. The quantitative estimate of drug-likeness (QED) is 0.669. The van der Waals surface area contributed by atoms with Crippen molar-refractivity contribution < 1.29 is 4.74 Å². The molecule has 1 unspecified atom stereocenters. The highest BCUT2D eigenvalue weighted by atomic mass is 16.5. The molecule has 1 N–H and O–H groups in total. The minimum Gasteiger partial charge on any atom is -0.487 e. The lowest BCUT2D eigenvalue weighted by Crippen LogP contribution is -2.18. The van der Waals surface area contributed by atoms with Crippen LogP contribution in [0.25, 0.3) is 0 Å². The zero-order chi connectivity index (χ0) is 18.6. The van der Waals surface area contributed by atoms with E-state index in [0.717, 1.165) is 18.0 Å². The average molecular weight is 358 g/mol. The second kappa shape index (κ2) is 7.93. The van der Waals surface area contributed by atoms with E-state index in [1.54, 1.807) is 6.20 Å². The summed E-state index contributed by atoms with van der Waals surface area (Å²) < 4.78 is 6.05. The summed E-state index contributed by atoms with van der Waals surface area (Å²) in [7, 11) is 0. The minimum atomic E-state index is 0.460. The molecule has 27 heavy (non-hydrogen) atoms. The Labute approximate surface area is 161 Å². The number of aryl methyl sites for hydroxylation is 3. The van der Waals surface area contributed by atoms with E-state index in [1.807, 2.05) is 18.2 Å². The molecule has 0 aliphatic heterocycles. The van der Waals surface area contributed by atoms with Crippen molar-refractivity contribution in [3.05, 3.63) is 94.3 Å². The Bertz CT molecular complexity index is 898. The second-order valence-corrected chi connectivity index (χ2v) is 7.34. The van der Waals surface area contributed by atoms with E-state index < -0.39 is 0 Å². The molecule has 0 spiro atoms. The molecule has 0 fully saturated rings. The minimum absolute atomic E-state index is 0.460. The van der Waals surface area contributed by atoms with E-state index >= 15 is 0 Å². The maximum atomic E-state index is 6.05. The number of hydrogen-bond donors (Lipinski definition) is 1. The highest BCUT2D eigenvalue weighted by Gasteiger charge is 2.21. The van der Waals surface area contributed by atoms with Crippen LogP contribution in [0, 0.1) is 13.8 Å². The maximum Gasteiger partial charge on any atom is 0.130 e. The topological polar surface area (TPSA) is 34.1 Å². The maximum absolute atomic E-state index is 6.05. The summed E-state index contributed by atoms with van der Waals surface area (Å²) in [5, 5.41) is 3.74. The average Bonchev–Trinajstić information content (AvgIpc) is 3.10. The first kappa shape index (κ1) is 17.7. The van der Waals surface area contributed by atoms with Crippen molar-refractivity contribution in [1.82, 2.24) is 10.3 Å².